The summed E-state index contributed by atoms with van der Waals surface area (Å²) in [5.41, 5.74) is 3.87. The second kappa shape index (κ2) is 6.15. The molecular weight excluding hydrogens is 260 g/mol. The molecule has 1 amide bonds. The number of hydrogen-bond acceptors (Lipinski definition) is 4. The summed E-state index contributed by atoms with van der Waals surface area (Å²) in [5, 5.41) is 6.05. The normalized spacial score (nSPS) is 11.2. The first kappa shape index (κ1) is 13.3. The zero-order valence-electron chi connectivity index (χ0n) is 10.7. The van der Waals surface area contributed by atoms with Crippen LogP contribution in [0.4, 0.5) is 0 Å². The van der Waals surface area contributed by atoms with Gasteiger partial charge < -0.3 is 4.74 Å². The molecule has 0 aliphatic heterocycles. The van der Waals surface area contributed by atoms with Gasteiger partial charge in [0.1, 0.15) is 5.75 Å². The summed E-state index contributed by atoms with van der Waals surface area (Å²) in [4.78, 5) is 12.9. The predicted molar refractivity (Wildman–Crippen MR) is 77.0 cm³/mol. The van der Waals surface area contributed by atoms with E-state index in [2.05, 4.69) is 10.5 Å². The van der Waals surface area contributed by atoms with E-state index in [1.807, 2.05) is 24.4 Å². The van der Waals surface area contributed by atoms with Gasteiger partial charge in [0, 0.05) is 10.4 Å². The van der Waals surface area contributed by atoms with E-state index in [-0.39, 0.29) is 5.91 Å². The van der Waals surface area contributed by atoms with Crippen LogP contribution in [0.25, 0.3) is 0 Å². The van der Waals surface area contributed by atoms with E-state index >= 15 is 0 Å². The topological polar surface area (TPSA) is 50.7 Å². The van der Waals surface area contributed by atoms with Crippen molar-refractivity contribution in [2.75, 3.05) is 7.11 Å². The molecule has 0 aliphatic carbocycles. The highest BCUT2D eigenvalue weighted by atomic mass is 32.1. The molecule has 2 rings (SSSR count). The second-order valence-electron chi connectivity index (χ2n) is 3.84. The SMILES string of the molecule is COc1ccc(C(=O)N/N=C(/C)c2cccs2)cc1. The Bertz CT molecular complexity index is 574. The molecule has 1 heterocycles. The molecule has 0 radical (unpaired) electrons. The van der Waals surface area contributed by atoms with Crippen LogP contribution >= 0.6 is 11.3 Å². The van der Waals surface area contributed by atoms with Crippen LogP contribution in [0.3, 0.4) is 0 Å². The van der Waals surface area contributed by atoms with Crippen molar-refractivity contribution in [3.05, 3.63) is 52.2 Å². The van der Waals surface area contributed by atoms with Gasteiger partial charge in [0.25, 0.3) is 5.91 Å². The molecule has 0 fully saturated rings. The predicted octanol–water partition coefficient (Wildman–Crippen LogP) is 2.91. The number of nitrogens with one attached hydrogen (secondary N) is 1. The molecule has 1 N–H and O–H groups in total. The monoisotopic (exact) mass is 274 g/mol. The number of amides is 1. The quantitative estimate of drug-likeness (QED) is 0.688. The number of benzene rings is 1. The fourth-order valence-electron chi connectivity index (χ4n) is 1.48. The molecule has 0 aliphatic rings. The fourth-order valence-corrected chi connectivity index (χ4v) is 2.16. The first-order valence-corrected chi connectivity index (χ1v) is 6.61. The second-order valence-corrected chi connectivity index (χ2v) is 4.79. The van der Waals surface area contributed by atoms with Crippen LogP contribution < -0.4 is 10.2 Å². The van der Waals surface area contributed by atoms with Crippen molar-refractivity contribution < 1.29 is 9.53 Å². The number of ether oxygens (including phenoxy) is 1. The molecule has 98 valence electrons. The Morgan fingerprint density at radius 2 is 2.00 bits per heavy atom. The minimum absolute atomic E-state index is 0.237. The van der Waals surface area contributed by atoms with Crippen LogP contribution in [0.15, 0.2) is 46.9 Å². The number of carbonyl (C=O) groups excluding carboxylic acids is 1. The molecule has 0 bridgehead atoms. The fraction of sp³-hybridized carbons (Fsp3) is 0.143. The van der Waals surface area contributed by atoms with Gasteiger partial charge in [-0.2, -0.15) is 5.10 Å². The summed E-state index contributed by atoms with van der Waals surface area (Å²) in [5.74, 6) is 0.480. The van der Waals surface area contributed by atoms with Gasteiger partial charge in [-0.1, -0.05) is 6.07 Å². The maximum atomic E-state index is 11.9. The summed E-state index contributed by atoms with van der Waals surface area (Å²) in [6.45, 7) is 1.86. The summed E-state index contributed by atoms with van der Waals surface area (Å²) in [6.07, 6.45) is 0. The molecule has 4 nitrogen and oxygen atoms in total. The van der Waals surface area contributed by atoms with E-state index in [9.17, 15) is 4.79 Å². The zero-order chi connectivity index (χ0) is 13.7. The van der Waals surface area contributed by atoms with E-state index in [0.717, 1.165) is 16.3 Å². The van der Waals surface area contributed by atoms with Crippen molar-refractivity contribution >= 4 is 23.0 Å². The number of hydrazone groups is 1. The first-order valence-electron chi connectivity index (χ1n) is 5.73. The number of hydrogen-bond donors (Lipinski definition) is 1. The standard InChI is InChI=1S/C14H14N2O2S/c1-10(13-4-3-9-19-13)15-16-14(17)11-5-7-12(18-2)8-6-11/h3-9H,1-2H3,(H,16,17)/b15-10-. The highest BCUT2D eigenvalue weighted by molar-refractivity contribution is 7.12. The molecular formula is C14H14N2O2S. The number of thiophene rings is 1. The minimum atomic E-state index is -0.237. The molecule has 1 aromatic carbocycles. The summed E-state index contributed by atoms with van der Waals surface area (Å²) < 4.78 is 5.04. The van der Waals surface area contributed by atoms with Gasteiger partial charge in [-0.25, -0.2) is 5.43 Å². The highest BCUT2D eigenvalue weighted by Gasteiger charge is 2.05. The Morgan fingerprint density at radius 3 is 2.58 bits per heavy atom. The van der Waals surface area contributed by atoms with Crippen molar-refractivity contribution in [3.63, 3.8) is 0 Å². The Kier molecular flexibility index (Phi) is 4.30. The maximum Gasteiger partial charge on any atom is 0.271 e. The molecule has 0 saturated heterocycles. The van der Waals surface area contributed by atoms with Crippen molar-refractivity contribution in [2.45, 2.75) is 6.92 Å². The van der Waals surface area contributed by atoms with Gasteiger partial charge in [0.2, 0.25) is 0 Å². The van der Waals surface area contributed by atoms with Crippen LogP contribution in [0.2, 0.25) is 0 Å². The van der Waals surface area contributed by atoms with Crippen molar-refractivity contribution in [1.29, 1.82) is 0 Å². The van der Waals surface area contributed by atoms with Crippen LogP contribution in [-0.2, 0) is 0 Å². The Balaban J connectivity index is 2.02. The van der Waals surface area contributed by atoms with Crippen LogP contribution in [0, 0.1) is 0 Å². The van der Waals surface area contributed by atoms with E-state index in [0.29, 0.717) is 5.56 Å². The lowest BCUT2D eigenvalue weighted by Crippen LogP contribution is -2.19. The minimum Gasteiger partial charge on any atom is -0.497 e. The van der Waals surface area contributed by atoms with E-state index < -0.39 is 0 Å². The summed E-state index contributed by atoms with van der Waals surface area (Å²) in [6, 6.07) is 10.8. The maximum absolute atomic E-state index is 11.9. The van der Waals surface area contributed by atoms with Crippen LogP contribution in [0.1, 0.15) is 22.2 Å². The van der Waals surface area contributed by atoms with Crippen molar-refractivity contribution in [1.82, 2.24) is 5.43 Å². The summed E-state index contributed by atoms with van der Waals surface area (Å²) >= 11 is 1.58. The smallest absolute Gasteiger partial charge is 0.271 e. The highest BCUT2D eigenvalue weighted by Crippen LogP contribution is 2.12. The van der Waals surface area contributed by atoms with Crippen LogP contribution in [-0.4, -0.2) is 18.7 Å². The third kappa shape index (κ3) is 3.42. The zero-order valence-corrected chi connectivity index (χ0v) is 11.5. The van der Waals surface area contributed by atoms with Gasteiger partial charge in [-0.3, -0.25) is 4.79 Å². The molecule has 5 heteroatoms. The third-order valence-electron chi connectivity index (χ3n) is 2.56. The molecule has 19 heavy (non-hydrogen) atoms. The molecule has 0 spiro atoms. The third-order valence-corrected chi connectivity index (χ3v) is 3.53. The Hall–Kier alpha value is -2.14. The lowest BCUT2D eigenvalue weighted by Gasteiger charge is -2.03. The average molecular weight is 274 g/mol. The molecule has 2 aromatic rings. The lowest BCUT2D eigenvalue weighted by molar-refractivity contribution is 0.0955. The lowest BCUT2D eigenvalue weighted by atomic mass is 10.2. The number of methoxy groups -OCH3 is 1. The van der Waals surface area contributed by atoms with E-state index in [4.69, 9.17) is 4.74 Å². The van der Waals surface area contributed by atoms with Crippen molar-refractivity contribution in [2.24, 2.45) is 5.10 Å². The molecule has 1 aromatic heterocycles. The Morgan fingerprint density at radius 1 is 1.26 bits per heavy atom. The number of carbonyl (C=O) groups is 1. The van der Waals surface area contributed by atoms with Crippen LogP contribution in [0.5, 0.6) is 5.75 Å². The Labute approximate surface area is 115 Å². The van der Waals surface area contributed by atoms with Gasteiger partial charge in [-0.15, -0.1) is 11.3 Å². The van der Waals surface area contributed by atoms with E-state index in [1.54, 1.807) is 42.7 Å². The first-order chi connectivity index (χ1) is 9.20. The summed E-state index contributed by atoms with van der Waals surface area (Å²) in [7, 11) is 1.59. The van der Waals surface area contributed by atoms with Gasteiger partial charge in [-0.05, 0) is 42.6 Å². The molecule has 0 atom stereocenters. The molecule has 0 unspecified atom stereocenters. The molecule has 0 saturated carbocycles. The largest absolute Gasteiger partial charge is 0.497 e. The number of nitrogens with zero attached hydrogens (tertiary/aromatic N) is 1. The van der Waals surface area contributed by atoms with Gasteiger partial charge >= 0.3 is 0 Å². The van der Waals surface area contributed by atoms with Gasteiger partial charge in [0.15, 0.2) is 0 Å². The average Bonchev–Trinajstić information content (AvgIpc) is 2.98. The number of rotatable bonds is 4. The van der Waals surface area contributed by atoms with E-state index in [1.165, 1.54) is 0 Å². The van der Waals surface area contributed by atoms with Crippen molar-refractivity contribution in [3.8, 4) is 5.75 Å². The van der Waals surface area contributed by atoms with Gasteiger partial charge in [0.05, 0.1) is 12.8 Å².